The molecule has 14 heavy (non-hydrogen) atoms. The van der Waals surface area contributed by atoms with Gasteiger partial charge < -0.3 is 10.1 Å². The molecule has 0 amide bonds. The minimum Gasteiger partial charge on any atom is -0.462 e. The van der Waals surface area contributed by atoms with E-state index in [0.717, 1.165) is 5.92 Å². The molecule has 0 aromatic rings. The highest BCUT2D eigenvalue weighted by Gasteiger charge is 2.14. The monoisotopic (exact) mass is 265 g/mol. The fraction of sp³-hybridized carbons (Fsp3) is 0.900. The number of halogens is 1. The number of rotatable bonds is 3. The molecule has 1 N–H and O–H groups in total. The van der Waals surface area contributed by atoms with Crippen LogP contribution in [-0.4, -0.2) is 30.5 Å². The van der Waals surface area contributed by atoms with Crippen molar-refractivity contribution < 1.29 is 9.53 Å². The van der Waals surface area contributed by atoms with E-state index in [9.17, 15) is 4.79 Å². The van der Waals surface area contributed by atoms with Crippen LogP contribution >= 0.6 is 15.9 Å². The summed E-state index contributed by atoms with van der Waals surface area (Å²) in [7, 11) is 0. The molecule has 0 bridgehead atoms. The standard InChI is InChI=1S/C5H10BrN.C5H10O2/c6-2-1-5-3-7-4-5;1-5(2,3)7-4-6/h5,7H,1-4H2;4H,1-3H3. The Labute approximate surface area is 94.7 Å². The van der Waals surface area contributed by atoms with Crippen LogP contribution in [0.25, 0.3) is 0 Å². The lowest BCUT2D eigenvalue weighted by Gasteiger charge is -2.25. The Morgan fingerprint density at radius 2 is 2.07 bits per heavy atom. The van der Waals surface area contributed by atoms with E-state index in [-0.39, 0.29) is 5.60 Å². The van der Waals surface area contributed by atoms with E-state index in [0.29, 0.717) is 6.47 Å². The van der Waals surface area contributed by atoms with Crippen LogP contribution in [0.15, 0.2) is 0 Å². The molecule has 3 nitrogen and oxygen atoms in total. The molecule has 0 saturated carbocycles. The van der Waals surface area contributed by atoms with Gasteiger partial charge in [0.1, 0.15) is 5.60 Å². The van der Waals surface area contributed by atoms with Gasteiger partial charge in [-0.25, -0.2) is 0 Å². The molecular formula is C10H20BrNO2. The number of hydrogen-bond acceptors (Lipinski definition) is 3. The van der Waals surface area contributed by atoms with Crippen molar-refractivity contribution in [1.82, 2.24) is 5.32 Å². The molecule has 0 aromatic carbocycles. The minimum atomic E-state index is -0.318. The molecule has 0 unspecified atom stereocenters. The van der Waals surface area contributed by atoms with Gasteiger partial charge in [0.15, 0.2) is 0 Å². The highest BCUT2D eigenvalue weighted by molar-refractivity contribution is 9.09. The van der Waals surface area contributed by atoms with Crippen LogP contribution in [0.1, 0.15) is 27.2 Å². The zero-order valence-corrected chi connectivity index (χ0v) is 10.8. The van der Waals surface area contributed by atoms with E-state index < -0.39 is 0 Å². The summed E-state index contributed by atoms with van der Waals surface area (Å²) >= 11 is 3.40. The van der Waals surface area contributed by atoms with Crippen LogP contribution in [0.5, 0.6) is 0 Å². The number of hydrogen-bond donors (Lipinski definition) is 1. The predicted molar refractivity (Wildman–Crippen MR) is 61.7 cm³/mol. The number of nitrogens with one attached hydrogen (secondary N) is 1. The van der Waals surface area contributed by atoms with Crippen molar-refractivity contribution in [3.63, 3.8) is 0 Å². The summed E-state index contributed by atoms with van der Waals surface area (Å²) in [6.45, 7) is 8.40. The van der Waals surface area contributed by atoms with Crippen molar-refractivity contribution in [2.24, 2.45) is 5.92 Å². The zero-order valence-electron chi connectivity index (χ0n) is 9.18. The average molecular weight is 266 g/mol. The summed E-state index contributed by atoms with van der Waals surface area (Å²) < 4.78 is 4.55. The largest absolute Gasteiger partial charge is 0.462 e. The maximum Gasteiger partial charge on any atom is 0.293 e. The van der Waals surface area contributed by atoms with Crippen molar-refractivity contribution in [3.05, 3.63) is 0 Å². The summed E-state index contributed by atoms with van der Waals surface area (Å²) in [6.07, 6.45) is 1.34. The zero-order chi connectivity index (χ0) is 11.0. The van der Waals surface area contributed by atoms with Crippen LogP contribution in [0.3, 0.4) is 0 Å². The average Bonchev–Trinajstić information content (AvgIpc) is 1.95. The van der Waals surface area contributed by atoms with Crippen molar-refractivity contribution in [3.8, 4) is 0 Å². The normalized spacial score (nSPS) is 16.3. The van der Waals surface area contributed by atoms with E-state index in [4.69, 9.17) is 0 Å². The third-order valence-electron chi connectivity index (χ3n) is 1.79. The Morgan fingerprint density at radius 3 is 2.14 bits per heavy atom. The fourth-order valence-corrected chi connectivity index (χ4v) is 1.50. The van der Waals surface area contributed by atoms with Gasteiger partial charge in [-0.3, -0.25) is 4.79 Å². The molecular weight excluding hydrogens is 246 g/mol. The highest BCUT2D eigenvalue weighted by Crippen LogP contribution is 2.08. The summed E-state index contributed by atoms with van der Waals surface area (Å²) in [4.78, 5) is 9.60. The maximum absolute atomic E-state index is 9.60. The van der Waals surface area contributed by atoms with Gasteiger partial charge in [-0.1, -0.05) is 15.9 Å². The van der Waals surface area contributed by atoms with Crippen LogP contribution in [0, 0.1) is 5.92 Å². The second-order valence-electron chi connectivity index (χ2n) is 4.33. The SMILES string of the molecule is BrCCC1CNC1.CC(C)(C)OC=O. The first-order valence-electron chi connectivity index (χ1n) is 4.87. The predicted octanol–water partition coefficient (Wildman–Crippen LogP) is 1.95. The quantitative estimate of drug-likeness (QED) is 0.626. The molecule has 0 spiro atoms. The number of carbonyl (C=O) groups is 1. The van der Waals surface area contributed by atoms with Crippen molar-refractivity contribution in [1.29, 1.82) is 0 Å². The van der Waals surface area contributed by atoms with E-state index >= 15 is 0 Å². The van der Waals surface area contributed by atoms with Crippen LogP contribution < -0.4 is 5.32 Å². The summed E-state index contributed by atoms with van der Waals surface area (Å²) in [5, 5.41) is 4.39. The molecule has 1 saturated heterocycles. The molecule has 0 radical (unpaired) electrons. The van der Waals surface area contributed by atoms with Crippen molar-refractivity contribution in [2.45, 2.75) is 32.8 Å². The number of alkyl halides is 1. The van der Waals surface area contributed by atoms with Gasteiger partial charge >= 0.3 is 0 Å². The van der Waals surface area contributed by atoms with Crippen LogP contribution in [0.4, 0.5) is 0 Å². The Hall–Kier alpha value is -0.0900. The molecule has 84 valence electrons. The number of carbonyl (C=O) groups excluding carboxylic acids is 1. The van der Waals surface area contributed by atoms with Gasteiger partial charge in [-0.2, -0.15) is 0 Å². The van der Waals surface area contributed by atoms with Crippen LogP contribution in [-0.2, 0) is 9.53 Å². The first-order chi connectivity index (χ1) is 6.49. The third kappa shape index (κ3) is 8.51. The van der Waals surface area contributed by atoms with E-state index in [1.165, 1.54) is 24.8 Å². The topological polar surface area (TPSA) is 38.3 Å². The molecule has 0 aliphatic carbocycles. The van der Waals surface area contributed by atoms with E-state index in [1.807, 2.05) is 20.8 Å². The van der Waals surface area contributed by atoms with Crippen molar-refractivity contribution in [2.75, 3.05) is 18.4 Å². The molecule has 1 aliphatic rings. The lowest BCUT2D eigenvalue weighted by Crippen LogP contribution is -2.41. The molecule has 4 heteroatoms. The number of ether oxygens (including phenoxy) is 1. The van der Waals surface area contributed by atoms with E-state index in [1.54, 1.807) is 0 Å². The first kappa shape index (κ1) is 13.9. The molecule has 1 heterocycles. The van der Waals surface area contributed by atoms with Gasteiger partial charge in [-0.05, 0) is 46.2 Å². The van der Waals surface area contributed by atoms with Gasteiger partial charge in [-0.15, -0.1) is 0 Å². The summed E-state index contributed by atoms with van der Waals surface area (Å²) in [5.74, 6) is 0.972. The van der Waals surface area contributed by atoms with Gasteiger partial charge in [0, 0.05) is 5.33 Å². The molecule has 1 aliphatic heterocycles. The Morgan fingerprint density at radius 1 is 1.50 bits per heavy atom. The maximum atomic E-state index is 9.60. The van der Waals surface area contributed by atoms with E-state index in [2.05, 4.69) is 26.0 Å². The highest BCUT2D eigenvalue weighted by atomic mass is 79.9. The Kier molecular flexibility index (Phi) is 7.19. The molecule has 1 rings (SSSR count). The summed E-state index contributed by atoms with van der Waals surface area (Å²) in [6, 6.07) is 0. The fourth-order valence-electron chi connectivity index (χ4n) is 0.851. The third-order valence-corrected chi connectivity index (χ3v) is 2.24. The lowest BCUT2D eigenvalue weighted by atomic mass is 10.0. The Bertz CT molecular complexity index is 153. The van der Waals surface area contributed by atoms with Gasteiger partial charge in [0.2, 0.25) is 0 Å². The smallest absolute Gasteiger partial charge is 0.293 e. The molecule has 1 fully saturated rings. The Balaban J connectivity index is 0.000000241. The minimum absolute atomic E-state index is 0.318. The van der Waals surface area contributed by atoms with Crippen molar-refractivity contribution >= 4 is 22.4 Å². The lowest BCUT2D eigenvalue weighted by molar-refractivity contribution is -0.138. The second kappa shape index (κ2) is 7.23. The van der Waals surface area contributed by atoms with Crippen LogP contribution in [0.2, 0.25) is 0 Å². The summed E-state index contributed by atoms with van der Waals surface area (Å²) in [5.41, 5.74) is -0.318. The molecule has 0 atom stereocenters. The first-order valence-corrected chi connectivity index (χ1v) is 6.00. The van der Waals surface area contributed by atoms with Gasteiger partial charge in [0.05, 0.1) is 0 Å². The van der Waals surface area contributed by atoms with Gasteiger partial charge in [0.25, 0.3) is 6.47 Å². The molecule has 0 aromatic heterocycles. The second-order valence-corrected chi connectivity index (χ2v) is 5.12.